The van der Waals surface area contributed by atoms with E-state index in [2.05, 4.69) is 24.5 Å². The van der Waals surface area contributed by atoms with Crippen LogP contribution in [-0.2, 0) is 9.47 Å². The van der Waals surface area contributed by atoms with Gasteiger partial charge < -0.3 is 14.8 Å². The van der Waals surface area contributed by atoms with Crippen molar-refractivity contribution in [3.63, 3.8) is 0 Å². The second kappa shape index (κ2) is 7.43. The average Bonchev–Trinajstić information content (AvgIpc) is 2.47. The number of hydrogen-bond acceptors (Lipinski definition) is 4. The largest absolute Gasteiger partial charge is 0.444 e. The van der Waals surface area contributed by atoms with Gasteiger partial charge in [-0.3, -0.25) is 5.32 Å². The molecule has 1 saturated heterocycles. The number of rotatable bonds is 4. The molecule has 24 heavy (non-hydrogen) atoms. The maximum Gasteiger partial charge on any atom is 0.412 e. The molecule has 1 aromatic carbocycles. The fraction of sp³-hybridized carbons (Fsp3) is 0.632. The highest BCUT2D eigenvalue weighted by molar-refractivity contribution is 5.85. The highest BCUT2D eigenvalue weighted by Crippen LogP contribution is 2.29. The van der Waals surface area contributed by atoms with Gasteiger partial charge in [0, 0.05) is 24.0 Å². The summed E-state index contributed by atoms with van der Waals surface area (Å²) in [5.74, 6) is 0. The second-order valence-electron chi connectivity index (χ2n) is 7.69. The molecule has 0 aliphatic carbocycles. The smallest absolute Gasteiger partial charge is 0.412 e. The molecule has 5 nitrogen and oxygen atoms in total. The summed E-state index contributed by atoms with van der Waals surface area (Å²) < 4.78 is 11.1. The Morgan fingerprint density at radius 2 is 1.92 bits per heavy atom. The van der Waals surface area contributed by atoms with Crippen LogP contribution in [-0.4, -0.2) is 29.9 Å². The van der Waals surface area contributed by atoms with Gasteiger partial charge in [-0.1, -0.05) is 6.92 Å². The minimum atomic E-state index is -0.499. The monoisotopic (exact) mass is 334 g/mol. The Bertz CT molecular complexity index is 551. The van der Waals surface area contributed by atoms with Crippen molar-refractivity contribution in [3.8, 4) is 0 Å². The zero-order valence-electron chi connectivity index (χ0n) is 15.4. The molecule has 0 spiro atoms. The zero-order chi connectivity index (χ0) is 17.8. The zero-order valence-corrected chi connectivity index (χ0v) is 15.4. The van der Waals surface area contributed by atoms with Crippen LogP contribution in [0.2, 0.25) is 0 Å². The van der Waals surface area contributed by atoms with Crippen LogP contribution in [0.25, 0.3) is 0 Å². The molecule has 1 aliphatic heterocycles. The Kier molecular flexibility index (Phi) is 5.75. The Hall–Kier alpha value is -1.75. The highest BCUT2D eigenvalue weighted by Gasteiger charge is 2.31. The van der Waals surface area contributed by atoms with E-state index in [1.165, 1.54) is 0 Å². The predicted octanol–water partition coefficient (Wildman–Crippen LogP) is 4.79. The summed E-state index contributed by atoms with van der Waals surface area (Å²) in [5, 5.41) is 6.31. The first-order valence-corrected chi connectivity index (χ1v) is 8.70. The lowest BCUT2D eigenvalue weighted by Gasteiger charge is -2.38. The van der Waals surface area contributed by atoms with E-state index in [9.17, 15) is 4.79 Å². The SMILES string of the molecule is CCC1(C)CC(Nc2ccc(NC(=O)OC(C)(C)C)cc2)CCO1. The molecule has 0 radical (unpaired) electrons. The van der Waals surface area contributed by atoms with E-state index in [0.29, 0.717) is 6.04 Å². The van der Waals surface area contributed by atoms with Crippen LogP contribution < -0.4 is 10.6 Å². The number of benzene rings is 1. The van der Waals surface area contributed by atoms with Crippen molar-refractivity contribution in [3.05, 3.63) is 24.3 Å². The Labute approximate surface area is 145 Å². The molecule has 2 unspecified atom stereocenters. The molecule has 134 valence electrons. The predicted molar refractivity (Wildman–Crippen MR) is 97.6 cm³/mol. The van der Waals surface area contributed by atoms with Crippen LogP contribution in [0.4, 0.5) is 16.2 Å². The third-order valence-corrected chi connectivity index (χ3v) is 4.24. The first kappa shape index (κ1) is 18.6. The fourth-order valence-corrected chi connectivity index (χ4v) is 2.81. The first-order chi connectivity index (χ1) is 11.2. The van der Waals surface area contributed by atoms with Gasteiger partial charge in [-0.2, -0.15) is 0 Å². The van der Waals surface area contributed by atoms with Gasteiger partial charge in [-0.05, 0) is 71.2 Å². The number of hydrogen-bond donors (Lipinski definition) is 2. The molecule has 1 fully saturated rings. The number of ether oxygens (including phenoxy) is 2. The minimum Gasteiger partial charge on any atom is -0.444 e. The van der Waals surface area contributed by atoms with Crippen molar-refractivity contribution < 1.29 is 14.3 Å². The van der Waals surface area contributed by atoms with E-state index >= 15 is 0 Å². The molecule has 1 amide bonds. The maximum absolute atomic E-state index is 11.8. The van der Waals surface area contributed by atoms with E-state index < -0.39 is 11.7 Å². The van der Waals surface area contributed by atoms with E-state index in [0.717, 1.165) is 37.2 Å². The standard InChI is InChI=1S/C19H30N2O3/c1-6-19(5)13-16(11-12-23-19)20-14-7-9-15(10-8-14)21-17(22)24-18(2,3)4/h7-10,16,20H,6,11-13H2,1-5H3,(H,21,22). The number of anilines is 2. The average molecular weight is 334 g/mol. The summed E-state index contributed by atoms with van der Waals surface area (Å²) in [6, 6.07) is 8.12. The minimum absolute atomic E-state index is 0.0336. The van der Waals surface area contributed by atoms with Gasteiger partial charge in [0.2, 0.25) is 0 Å². The lowest BCUT2D eigenvalue weighted by molar-refractivity contribution is -0.0708. The van der Waals surface area contributed by atoms with Gasteiger partial charge in [-0.25, -0.2) is 4.79 Å². The van der Waals surface area contributed by atoms with Crippen LogP contribution >= 0.6 is 0 Å². The molecule has 0 bridgehead atoms. The van der Waals surface area contributed by atoms with Gasteiger partial charge >= 0.3 is 6.09 Å². The lowest BCUT2D eigenvalue weighted by Crippen LogP contribution is -2.41. The van der Waals surface area contributed by atoms with Gasteiger partial charge in [0.05, 0.1) is 5.60 Å². The van der Waals surface area contributed by atoms with E-state index in [1.807, 2.05) is 45.0 Å². The molecular formula is C19H30N2O3. The molecule has 5 heteroatoms. The highest BCUT2D eigenvalue weighted by atomic mass is 16.6. The third kappa shape index (κ3) is 5.71. The summed E-state index contributed by atoms with van der Waals surface area (Å²) in [6.45, 7) is 10.7. The topological polar surface area (TPSA) is 59.6 Å². The van der Waals surface area contributed by atoms with Crippen molar-refractivity contribution in [1.29, 1.82) is 0 Å². The normalized spacial score (nSPS) is 24.3. The van der Waals surface area contributed by atoms with Crippen LogP contribution in [0, 0.1) is 0 Å². The summed E-state index contributed by atoms with van der Waals surface area (Å²) >= 11 is 0. The number of carbonyl (C=O) groups excluding carboxylic acids is 1. The quantitative estimate of drug-likeness (QED) is 0.831. The van der Waals surface area contributed by atoms with Crippen LogP contribution in [0.5, 0.6) is 0 Å². The van der Waals surface area contributed by atoms with Crippen LogP contribution in [0.15, 0.2) is 24.3 Å². The molecule has 1 heterocycles. The molecule has 2 N–H and O–H groups in total. The van der Waals surface area contributed by atoms with Crippen LogP contribution in [0.3, 0.4) is 0 Å². The first-order valence-electron chi connectivity index (χ1n) is 8.70. The van der Waals surface area contributed by atoms with Crippen LogP contribution in [0.1, 0.15) is 53.9 Å². The summed E-state index contributed by atoms with van der Waals surface area (Å²) in [4.78, 5) is 11.8. The van der Waals surface area contributed by atoms with Crippen molar-refractivity contribution in [2.24, 2.45) is 0 Å². The fourth-order valence-electron chi connectivity index (χ4n) is 2.81. The summed E-state index contributed by atoms with van der Waals surface area (Å²) in [6.07, 6.45) is 2.59. The molecule has 0 aromatic heterocycles. The molecule has 2 rings (SSSR count). The van der Waals surface area contributed by atoms with Crippen molar-refractivity contribution >= 4 is 17.5 Å². The maximum atomic E-state index is 11.8. The molecule has 0 saturated carbocycles. The number of carbonyl (C=O) groups is 1. The second-order valence-corrected chi connectivity index (χ2v) is 7.69. The van der Waals surface area contributed by atoms with Gasteiger partial charge in [0.15, 0.2) is 0 Å². The summed E-state index contributed by atoms with van der Waals surface area (Å²) in [5.41, 5.74) is 1.24. The number of nitrogens with one attached hydrogen (secondary N) is 2. The Morgan fingerprint density at radius 1 is 1.29 bits per heavy atom. The molecule has 1 aromatic rings. The Morgan fingerprint density at radius 3 is 2.50 bits per heavy atom. The van der Waals surface area contributed by atoms with Crippen molar-refractivity contribution in [1.82, 2.24) is 0 Å². The molecule has 2 atom stereocenters. The molecule has 1 aliphatic rings. The van der Waals surface area contributed by atoms with Gasteiger partial charge in [0.25, 0.3) is 0 Å². The number of amides is 1. The van der Waals surface area contributed by atoms with Gasteiger partial charge in [-0.15, -0.1) is 0 Å². The van der Waals surface area contributed by atoms with Gasteiger partial charge in [0.1, 0.15) is 5.60 Å². The van der Waals surface area contributed by atoms with E-state index in [1.54, 1.807) is 0 Å². The third-order valence-electron chi connectivity index (χ3n) is 4.24. The van der Waals surface area contributed by atoms with E-state index in [4.69, 9.17) is 9.47 Å². The molecular weight excluding hydrogens is 304 g/mol. The van der Waals surface area contributed by atoms with Crippen molar-refractivity contribution in [2.75, 3.05) is 17.2 Å². The lowest BCUT2D eigenvalue weighted by atomic mass is 9.90. The Balaban J connectivity index is 1.89. The summed E-state index contributed by atoms with van der Waals surface area (Å²) in [7, 11) is 0. The van der Waals surface area contributed by atoms with Crippen molar-refractivity contribution in [2.45, 2.75) is 71.1 Å². The van der Waals surface area contributed by atoms with E-state index in [-0.39, 0.29) is 5.60 Å².